The molecule has 0 bridgehead atoms. The van der Waals surface area contributed by atoms with E-state index in [0.717, 1.165) is 25.7 Å². The van der Waals surface area contributed by atoms with Crippen LogP contribution in [0.5, 0.6) is 0 Å². The zero-order valence-electron chi connectivity index (χ0n) is 11.3. The van der Waals surface area contributed by atoms with E-state index in [1.165, 1.54) is 4.31 Å². The highest BCUT2D eigenvalue weighted by molar-refractivity contribution is 7.87. The van der Waals surface area contributed by atoms with E-state index in [1.54, 1.807) is 0 Å². The number of nitrogens with one attached hydrogen (secondary N) is 1. The fourth-order valence-electron chi connectivity index (χ4n) is 3.00. The van der Waals surface area contributed by atoms with Crippen LogP contribution in [0.25, 0.3) is 0 Å². The monoisotopic (exact) mass is 290 g/mol. The van der Waals surface area contributed by atoms with Crippen LogP contribution in [-0.2, 0) is 15.0 Å². The third-order valence-corrected chi connectivity index (χ3v) is 5.92. The molecule has 19 heavy (non-hydrogen) atoms. The minimum Gasteiger partial charge on any atom is -0.481 e. The summed E-state index contributed by atoms with van der Waals surface area (Å²) < 4.78 is 28.7. The summed E-state index contributed by atoms with van der Waals surface area (Å²) in [6.07, 6.45) is 4.94. The molecule has 7 heteroatoms. The number of nitrogens with zero attached hydrogens (tertiary/aromatic N) is 1. The van der Waals surface area contributed by atoms with Gasteiger partial charge in [-0.25, -0.2) is 0 Å². The predicted molar refractivity (Wildman–Crippen MR) is 70.9 cm³/mol. The molecule has 2 rings (SSSR count). The van der Waals surface area contributed by atoms with Crippen LogP contribution in [0.4, 0.5) is 0 Å². The first-order chi connectivity index (χ1) is 8.82. The van der Waals surface area contributed by atoms with Crippen LogP contribution in [-0.4, -0.2) is 42.4 Å². The molecule has 2 aliphatic rings. The molecule has 0 radical (unpaired) electrons. The van der Waals surface area contributed by atoms with Crippen molar-refractivity contribution in [2.75, 3.05) is 13.1 Å². The summed E-state index contributed by atoms with van der Waals surface area (Å²) in [5, 5.41) is 9.01. The molecule has 1 aliphatic heterocycles. The van der Waals surface area contributed by atoms with Crippen molar-refractivity contribution in [1.82, 2.24) is 9.03 Å². The average molecular weight is 290 g/mol. The number of rotatable bonds is 4. The second kappa shape index (κ2) is 5.38. The fourth-order valence-corrected chi connectivity index (χ4v) is 4.70. The highest BCUT2D eigenvalue weighted by Gasteiger charge is 2.38. The van der Waals surface area contributed by atoms with Crippen LogP contribution < -0.4 is 4.72 Å². The number of carboxylic acid groups (broad SMARTS) is 1. The molecule has 1 aliphatic carbocycles. The zero-order chi connectivity index (χ0) is 14.1. The van der Waals surface area contributed by atoms with Crippen molar-refractivity contribution in [3.63, 3.8) is 0 Å². The van der Waals surface area contributed by atoms with Crippen molar-refractivity contribution in [2.24, 2.45) is 5.92 Å². The number of carboxylic acids is 1. The Kier molecular flexibility index (Phi) is 4.17. The maximum Gasteiger partial charge on any atom is 0.307 e. The summed E-state index contributed by atoms with van der Waals surface area (Å²) in [7, 11) is -3.57. The van der Waals surface area contributed by atoms with E-state index in [4.69, 9.17) is 5.11 Å². The van der Waals surface area contributed by atoms with E-state index in [-0.39, 0.29) is 12.1 Å². The van der Waals surface area contributed by atoms with Crippen LogP contribution in [0.15, 0.2) is 0 Å². The standard InChI is InChI=1S/C12H22N2O4S/c1-12(6-2-3-7-12)13-19(17,18)14-8-4-5-10(9-14)11(15)16/h10,13H,2-9H2,1H3,(H,15,16). The largest absolute Gasteiger partial charge is 0.481 e. The zero-order valence-corrected chi connectivity index (χ0v) is 12.1. The molecule has 0 amide bonds. The lowest BCUT2D eigenvalue weighted by Crippen LogP contribution is -2.53. The Morgan fingerprint density at radius 1 is 1.32 bits per heavy atom. The van der Waals surface area contributed by atoms with Gasteiger partial charge in [-0.3, -0.25) is 4.79 Å². The van der Waals surface area contributed by atoms with E-state index >= 15 is 0 Å². The van der Waals surface area contributed by atoms with Gasteiger partial charge in [-0.15, -0.1) is 0 Å². The lowest BCUT2D eigenvalue weighted by Gasteiger charge is -2.33. The fraction of sp³-hybridized carbons (Fsp3) is 0.917. The van der Waals surface area contributed by atoms with Gasteiger partial charge in [0.15, 0.2) is 0 Å². The van der Waals surface area contributed by atoms with E-state index in [9.17, 15) is 13.2 Å². The van der Waals surface area contributed by atoms with Crippen molar-refractivity contribution >= 4 is 16.2 Å². The van der Waals surface area contributed by atoms with Gasteiger partial charge in [-0.05, 0) is 32.6 Å². The average Bonchev–Trinajstić information content (AvgIpc) is 2.75. The Morgan fingerprint density at radius 3 is 2.53 bits per heavy atom. The summed E-state index contributed by atoms with van der Waals surface area (Å²) in [6, 6.07) is 0. The molecule has 0 spiro atoms. The first kappa shape index (κ1) is 14.7. The maximum atomic E-state index is 12.3. The third-order valence-electron chi connectivity index (χ3n) is 4.16. The molecular weight excluding hydrogens is 268 g/mol. The number of aliphatic carboxylic acids is 1. The Morgan fingerprint density at radius 2 is 1.95 bits per heavy atom. The molecule has 1 saturated heterocycles. The highest BCUT2D eigenvalue weighted by atomic mass is 32.2. The molecule has 2 fully saturated rings. The Labute approximate surface area is 114 Å². The summed E-state index contributed by atoms with van der Waals surface area (Å²) in [4.78, 5) is 11.0. The smallest absolute Gasteiger partial charge is 0.307 e. The molecular formula is C12H22N2O4S. The summed E-state index contributed by atoms with van der Waals surface area (Å²) in [5.41, 5.74) is -0.366. The van der Waals surface area contributed by atoms with Gasteiger partial charge in [-0.1, -0.05) is 12.8 Å². The highest BCUT2D eigenvalue weighted by Crippen LogP contribution is 2.30. The first-order valence-corrected chi connectivity index (χ1v) is 8.28. The molecule has 1 saturated carbocycles. The van der Waals surface area contributed by atoms with Gasteiger partial charge in [0.25, 0.3) is 10.2 Å². The minimum absolute atomic E-state index is 0.0841. The Bertz CT molecular complexity index is 443. The molecule has 1 heterocycles. The number of hydrogen-bond acceptors (Lipinski definition) is 3. The van der Waals surface area contributed by atoms with Gasteiger partial charge in [0, 0.05) is 18.6 Å². The van der Waals surface area contributed by atoms with E-state index < -0.39 is 22.1 Å². The summed E-state index contributed by atoms with van der Waals surface area (Å²) in [6.45, 7) is 2.42. The lowest BCUT2D eigenvalue weighted by atomic mass is 10.0. The lowest BCUT2D eigenvalue weighted by molar-refractivity contribution is -0.142. The second-order valence-corrected chi connectivity index (χ2v) is 7.58. The summed E-state index contributed by atoms with van der Waals surface area (Å²) in [5.74, 6) is -1.49. The minimum atomic E-state index is -3.57. The first-order valence-electron chi connectivity index (χ1n) is 6.84. The van der Waals surface area contributed by atoms with Crippen LogP contribution in [0.3, 0.4) is 0 Å². The maximum absolute atomic E-state index is 12.3. The molecule has 110 valence electrons. The van der Waals surface area contributed by atoms with Gasteiger partial charge in [0.2, 0.25) is 0 Å². The molecule has 0 aromatic heterocycles. The van der Waals surface area contributed by atoms with Crippen molar-refractivity contribution in [3.8, 4) is 0 Å². The number of piperidine rings is 1. The normalized spacial score (nSPS) is 28.4. The van der Waals surface area contributed by atoms with E-state index in [2.05, 4.69) is 4.72 Å². The van der Waals surface area contributed by atoms with Gasteiger partial charge < -0.3 is 5.11 Å². The molecule has 1 atom stereocenters. The quantitative estimate of drug-likeness (QED) is 0.807. The van der Waals surface area contributed by atoms with Crippen molar-refractivity contribution in [3.05, 3.63) is 0 Å². The van der Waals surface area contributed by atoms with E-state index in [0.29, 0.717) is 19.4 Å². The molecule has 1 unspecified atom stereocenters. The Balaban J connectivity index is 2.04. The van der Waals surface area contributed by atoms with Gasteiger partial charge >= 0.3 is 5.97 Å². The third kappa shape index (κ3) is 3.46. The topological polar surface area (TPSA) is 86.7 Å². The van der Waals surface area contributed by atoms with Crippen molar-refractivity contribution < 1.29 is 18.3 Å². The second-order valence-electron chi connectivity index (χ2n) is 5.91. The van der Waals surface area contributed by atoms with Crippen molar-refractivity contribution in [1.29, 1.82) is 0 Å². The Hall–Kier alpha value is -0.660. The van der Waals surface area contributed by atoms with Gasteiger partial charge in [-0.2, -0.15) is 17.4 Å². The number of carbonyl (C=O) groups is 1. The summed E-state index contributed by atoms with van der Waals surface area (Å²) >= 11 is 0. The van der Waals surface area contributed by atoms with Crippen LogP contribution in [0, 0.1) is 5.92 Å². The molecule has 0 aromatic carbocycles. The van der Waals surface area contributed by atoms with Crippen LogP contribution in [0.2, 0.25) is 0 Å². The SMILES string of the molecule is CC1(NS(=O)(=O)N2CCCC(C(=O)O)C2)CCCC1. The molecule has 0 aromatic rings. The molecule has 2 N–H and O–H groups in total. The predicted octanol–water partition coefficient (Wildman–Crippen LogP) is 0.950. The number of hydrogen-bond donors (Lipinski definition) is 2. The molecule has 6 nitrogen and oxygen atoms in total. The van der Waals surface area contributed by atoms with Crippen molar-refractivity contribution in [2.45, 2.75) is 51.0 Å². The van der Waals surface area contributed by atoms with Gasteiger partial charge in [0.1, 0.15) is 0 Å². The van der Waals surface area contributed by atoms with E-state index in [1.807, 2.05) is 6.92 Å². The van der Waals surface area contributed by atoms with Gasteiger partial charge in [0.05, 0.1) is 5.92 Å². The van der Waals surface area contributed by atoms with Crippen LogP contribution >= 0.6 is 0 Å². The van der Waals surface area contributed by atoms with Crippen LogP contribution in [0.1, 0.15) is 45.4 Å².